The van der Waals surface area contributed by atoms with Gasteiger partial charge in [-0.25, -0.2) is 0 Å². The molecule has 0 unspecified atom stereocenters. The Bertz CT molecular complexity index is 197. The average molecular weight is 189 g/mol. The number of hydrogen-bond donors (Lipinski definition) is 0. The normalized spacial score (nSPS) is 39.7. The van der Waals surface area contributed by atoms with Crippen LogP contribution >= 0.6 is 15.9 Å². The topological polar surface area (TPSA) is 26.3 Å². The maximum Gasteiger partial charge on any atom is 0.169 e. The smallest absolute Gasteiger partial charge is 0.169 e. The summed E-state index contributed by atoms with van der Waals surface area (Å²) in [5.41, 5.74) is 0. The van der Waals surface area contributed by atoms with Crippen molar-refractivity contribution in [2.45, 2.75) is 18.6 Å². The summed E-state index contributed by atoms with van der Waals surface area (Å²) in [6.07, 6.45) is 2.33. The third-order valence-electron chi connectivity index (χ3n) is 1.60. The summed E-state index contributed by atoms with van der Waals surface area (Å²) >= 11 is 3.25. The first kappa shape index (κ1) is 5.62. The van der Waals surface area contributed by atoms with Crippen molar-refractivity contribution >= 4 is 21.7 Å². The maximum atomic E-state index is 10.9. The fraction of sp³-hybridized carbons (Fsp3) is 0.500. The van der Waals surface area contributed by atoms with Crippen molar-refractivity contribution in [3.8, 4) is 0 Å². The Hall–Kier alpha value is -0.150. The molecule has 9 heavy (non-hydrogen) atoms. The van der Waals surface area contributed by atoms with Crippen molar-refractivity contribution < 1.29 is 9.53 Å². The van der Waals surface area contributed by atoms with E-state index in [1.807, 2.05) is 6.08 Å². The van der Waals surface area contributed by atoms with Crippen molar-refractivity contribution in [1.82, 2.24) is 0 Å². The van der Waals surface area contributed by atoms with Gasteiger partial charge in [-0.2, -0.15) is 0 Å². The van der Waals surface area contributed by atoms with E-state index in [9.17, 15) is 4.79 Å². The molecule has 0 amide bonds. The SMILES string of the molecule is O=C1C[C@H]2C=C(Br)[C@@H]1O2. The Labute approximate surface area is 61.0 Å². The van der Waals surface area contributed by atoms with E-state index in [1.54, 1.807) is 0 Å². The van der Waals surface area contributed by atoms with Crippen LogP contribution in [0, 0.1) is 0 Å². The van der Waals surface area contributed by atoms with Gasteiger partial charge in [0, 0.05) is 10.9 Å². The quantitative estimate of drug-likeness (QED) is 0.568. The van der Waals surface area contributed by atoms with Crippen LogP contribution in [0.1, 0.15) is 6.42 Å². The van der Waals surface area contributed by atoms with Crippen molar-refractivity contribution in [3.63, 3.8) is 0 Å². The molecule has 2 bridgehead atoms. The molecule has 2 atom stereocenters. The number of carbonyl (C=O) groups is 1. The van der Waals surface area contributed by atoms with Gasteiger partial charge in [0.05, 0.1) is 6.10 Å². The van der Waals surface area contributed by atoms with Crippen LogP contribution < -0.4 is 0 Å². The molecule has 2 aliphatic heterocycles. The van der Waals surface area contributed by atoms with E-state index in [0.717, 1.165) is 4.48 Å². The lowest BCUT2D eigenvalue weighted by Gasteiger charge is -1.99. The molecular formula is C6H5BrO2. The molecule has 1 fully saturated rings. The van der Waals surface area contributed by atoms with Gasteiger partial charge in [0.2, 0.25) is 0 Å². The second-order valence-electron chi connectivity index (χ2n) is 2.28. The van der Waals surface area contributed by atoms with Crippen LogP contribution in [0.2, 0.25) is 0 Å². The zero-order chi connectivity index (χ0) is 6.43. The van der Waals surface area contributed by atoms with Crippen LogP contribution in [-0.4, -0.2) is 18.0 Å². The summed E-state index contributed by atoms with van der Waals surface area (Å²) in [5, 5.41) is 0. The van der Waals surface area contributed by atoms with Crippen LogP contribution in [0.3, 0.4) is 0 Å². The van der Waals surface area contributed by atoms with Crippen molar-refractivity contribution in [1.29, 1.82) is 0 Å². The van der Waals surface area contributed by atoms with E-state index in [2.05, 4.69) is 15.9 Å². The van der Waals surface area contributed by atoms with E-state index in [-0.39, 0.29) is 18.0 Å². The fourth-order valence-corrected chi connectivity index (χ4v) is 1.84. The molecule has 0 aromatic carbocycles. The molecule has 0 N–H and O–H groups in total. The second-order valence-corrected chi connectivity index (χ2v) is 3.19. The van der Waals surface area contributed by atoms with Gasteiger partial charge in [0.1, 0.15) is 6.10 Å². The molecule has 0 aromatic heterocycles. The van der Waals surface area contributed by atoms with Gasteiger partial charge < -0.3 is 4.74 Å². The zero-order valence-corrected chi connectivity index (χ0v) is 6.22. The highest BCUT2D eigenvalue weighted by Gasteiger charge is 2.39. The first-order valence-electron chi connectivity index (χ1n) is 2.83. The molecule has 3 heteroatoms. The lowest BCUT2D eigenvalue weighted by atomic mass is 10.1. The highest BCUT2D eigenvalue weighted by Crippen LogP contribution is 2.33. The second kappa shape index (κ2) is 1.67. The van der Waals surface area contributed by atoms with Gasteiger partial charge in [-0.3, -0.25) is 4.79 Å². The lowest BCUT2D eigenvalue weighted by molar-refractivity contribution is -0.120. The van der Waals surface area contributed by atoms with Crippen LogP contribution in [0.4, 0.5) is 0 Å². The minimum Gasteiger partial charge on any atom is -0.357 e. The number of ketones is 1. The van der Waals surface area contributed by atoms with Crippen molar-refractivity contribution in [2.24, 2.45) is 0 Å². The fourth-order valence-electron chi connectivity index (χ4n) is 1.19. The van der Waals surface area contributed by atoms with Crippen LogP contribution in [0.25, 0.3) is 0 Å². The summed E-state index contributed by atoms with van der Waals surface area (Å²) in [5.74, 6) is 0.203. The van der Waals surface area contributed by atoms with Crippen LogP contribution in [-0.2, 0) is 9.53 Å². The van der Waals surface area contributed by atoms with Gasteiger partial charge >= 0.3 is 0 Å². The maximum absolute atomic E-state index is 10.9. The number of fused-ring (bicyclic) bond motifs is 2. The first-order valence-corrected chi connectivity index (χ1v) is 3.62. The molecule has 0 saturated carbocycles. The van der Waals surface area contributed by atoms with E-state index < -0.39 is 0 Å². The predicted octanol–water partition coefficient (Wildman–Crippen LogP) is 1.01. The summed E-state index contributed by atoms with van der Waals surface area (Å²) in [6.45, 7) is 0. The van der Waals surface area contributed by atoms with E-state index in [4.69, 9.17) is 4.74 Å². The molecule has 1 saturated heterocycles. The monoisotopic (exact) mass is 188 g/mol. The Kier molecular flexibility index (Phi) is 1.04. The molecule has 2 rings (SSSR count). The Morgan fingerprint density at radius 3 is 2.89 bits per heavy atom. The molecule has 0 radical (unpaired) electrons. The predicted molar refractivity (Wildman–Crippen MR) is 35.3 cm³/mol. The van der Waals surface area contributed by atoms with Gasteiger partial charge in [-0.1, -0.05) is 15.9 Å². The third-order valence-corrected chi connectivity index (χ3v) is 2.28. The average Bonchev–Trinajstić information content (AvgIpc) is 2.22. The number of rotatable bonds is 0. The molecule has 2 aliphatic rings. The zero-order valence-electron chi connectivity index (χ0n) is 4.63. The number of hydrogen-bond acceptors (Lipinski definition) is 2. The highest BCUT2D eigenvalue weighted by atomic mass is 79.9. The summed E-state index contributed by atoms with van der Waals surface area (Å²) in [4.78, 5) is 10.9. The first-order chi connectivity index (χ1) is 4.27. The van der Waals surface area contributed by atoms with Gasteiger partial charge in [-0.15, -0.1) is 0 Å². The summed E-state index contributed by atoms with van der Waals surface area (Å²) < 4.78 is 6.11. The Morgan fingerprint density at radius 1 is 1.78 bits per heavy atom. The third kappa shape index (κ3) is 0.682. The molecule has 0 spiro atoms. The molecular weight excluding hydrogens is 184 g/mol. The molecule has 48 valence electrons. The molecule has 0 aromatic rings. The van der Waals surface area contributed by atoms with Crippen LogP contribution in [0.5, 0.6) is 0 Å². The number of ether oxygens (including phenoxy) is 1. The van der Waals surface area contributed by atoms with E-state index >= 15 is 0 Å². The van der Waals surface area contributed by atoms with Crippen LogP contribution in [0.15, 0.2) is 10.6 Å². The minimum absolute atomic E-state index is 0.0666. The van der Waals surface area contributed by atoms with Gasteiger partial charge in [0.25, 0.3) is 0 Å². The van der Waals surface area contributed by atoms with E-state index in [0.29, 0.717) is 6.42 Å². The molecule has 2 heterocycles. The minimum atomic E-state index is -0.255. The Balaban J connectivity index is 2.36. The largest absolute Gasteiger partial charge is 0.357 e. The van der Waals surface area contributed by atoms with Crippen molar-refractivity contribution in [3.05, 3.63) is 10.6 Å². The number of halogens is 1. The van der Waals surface area contributed by atoms with E-state index in [1.165, 1.54) is 0 Å². The number of Topliss-reactive ketones (excluding diaryl/α,β-unsaturated/α-hetero) is 1. The molecule has 2 nitrogen and oxygen atoms in total. The molecule has 0 aliphatic carbocycles. The van der Waals surface area contributed by atoms with Gasteiger partial charge in [0.15, 0.2) is 5.78 Å². The van der Waals surface area contributed by atoms with Gasteiger partial charge in [-0.05, 0) is 6.08 Å². The summed E-state index contributed by atoms with van der Waals surface area (Å²) in [7, 11) is 0. The number of carbonyl (C=O) groups excluding carboxylic acids is 1. The Morgan fingerprint density at radius 2 is 2.56 bits per heavy atom. The summed E-state index contributed by atoms with van der Waals surface area (Å²) in [6, 6.07) is 0. The van der Waals surface area contributed by atoms with Crippen molar-refractivity contribution in [2.75, 3.05) is 0 Å². The standard InChI is InChI=1S/C6H5BrO2/c7-4-1-3-2-5(8)6(4)9-3/h1,3,6H,2H2/t3-,6+/m1/s1. The lowest BCUT2D eigenvalue weighted by Crippen LogP contribution is -2.13. The highest BCUT2D eigenvalue weighted by molar-refractivity contribution is 9.11.